The fraction of sp³-hybridized carbons (Fsp3) is 0.333. The van der Waals surface area contributed by atoms with Gasteiger partial charge in [0, 0.05) is 17.8 Å². The standard InChI is InChI=1S/C21H20N4O3/c22-12-13-3-1-4-14(7-13)19(27)25-15-8-21(9-15)10-16(11-21)28-20-17(18(23)26)5-2-6-24-20/h1-7,15-16H,8-11H2,(H2,23,26)(H,25,27). The molecular formula is C21H20N4O3. The number of hydrogen-bond acceptors (Lipinski definition) is 5. The summed E-state index contributed by atoms with van der Waals surface area (Å²) in [6.07, 6.45) is 5.14. The van der Waals surface area contributed by atoms with Crippen LogP contribution in [0.3, 0.4) is 0 Å². The van der Waals surface area contributed by atoms with Gasteiger partial charge in [0.15, 0.2) is 0 Å². The molecule has 0 saturated heterocycles. The lowest BCUT2D eigenvalue weighted by atomic mass is 9.53. The largest absolute Gasteiger partial charge is 0.474 e. The fourth-order valence-electron chi connectivity index (χ4n) is 4.24. The highest BCUT2D eigenvalue weighted by atomic mass is 16.5. The van der Waals surface area contributed by atoms with E-state index in [1.54, 1.807) is 42.6 Å². The van der Waals surface area contributed by atoms with E-state index in [1.807, 2.05) is 6.07 Å². The topological polar surface area (TPSA) is 118 Å². The number of carbonyl (C=O) groups excluding carboxylic acids is 2. The Labute approximate surface area is 162 Å². The molecule has 0 bridgehead atoms. The smallest absolute Gasteiger partial charge is 0.254 e. The number of primary amides is 1. The Kier molecular flexibility index (Phi) is 4.47. The number of aromatic nitrogens is 1. The third-order valence-corrected chi connectivity index (χ3v) is 5.58. The van der Waals surface area contributed by atoms with Gasteiger partial charge in [0.1, 0.15) is 11.7 Å². The predicted octanol–water partition coefficient (Wildman–Crippen LogP) is 2.17. The summed E-state index contributed by atoms with van der Waals surface area (Å²) in [5, 5.41) is 12.0. The maximum absolute atomic E-state index is 12.3. The van der Waals surface area contributed by atoms with Crippen LogP contribution in [0.4, 0.5) is 0 Å². The van der Waals surface area contributed by atoms with E-state index in [1.165, 1.54) is 0 Å². The molecule has 0 atom stereocenters. The van der Waals surface area contributed by atoms with Crippen LogP contribution in [0.2, 0.25) is 0 Å². The number of nitrogens with zero attached hydrogens (tertiary/aromatic N) is 2. The molecule has 1 aromatic heterocycles. The monoisotopic (exact) mass is 376 g/mol. The van der Waals surface area contributed by atoms with Gasteiger partial charge in [0.05, 0.1) is 11.6 Å². The molecule has 1 spiro atoms. The van der Waals surface area contributed by atoms with Gasteiger partial charge in [0.25, 0.3) is 11.8 Å². The number of rotatable bonds is 5. The molecule has 2 aliphatic rings. The lowest BCUT2D eigenvalue weighted by molar-refractivity contribution is -0.0848. The van der Waals surface area contributed by atoms with Crippen LogP contribution in [0, 0.1) is 16.7 Å². The average molecular weight is 376 g/mol. The summed E-state index contributed by atoms with van der Waals surface area (Å²) in [7, 11) is 0. The number of nitriles is 1. The minimum atomic E-state index is -0.552. The fourth-order valence-corrected chi connectivity index (χ4v) is 4.24. The summed E-state index contributed by atoms with van der Waals surface area (Å²) >= 11 is 0. The molecule has 0 radical (unpaired) electrons. The first-order valence-corrected chi connectivity index (χ1v) is 9.20. The van der Waals surface area contributed by atoms with E-state index >= 15 is 0 Å². The molecule has 7 nitrogen and oxygen atoms in total. The number of ether oxygens (including phenoxy) is 1. The molecule has 28 heavy (non-hydrogen) atoms. The van der Waals surface area contributed by atoms with Crippen molar-refractivity contribution in [1.82, 2.24) is 10.3 Å². The second-order valence-electron chi connectivity index (χ2n) is 7.64. The van der Waals surface area contributed by atoms with Crippen molar-refractivity contribution in [2.24, 2.45) is 11.1 Å². The first-order valence-electron chi connectivity index (χ1n) is 9.20. The predicted molar refractivity (Wildman–Crippen MR) is 100 cm³/mol. The summed E-state index contributed by atoms with van der Waals surface area (Å²) in [6, 6.07) is 12.1. The number of pyridine rings is 1. The summed E-state index contributed by atoms with van der Waals surface area (Å²) in [5.41, 5.74) is 6.82. The average Bonchev–Trinajstić information content (AvgIpc) is 2.64. The van der Waals surface area contributed by atoms with Crippen molar-refractivity contribution in [3.05, 3.63) is 59.3 Å². The zero-order valence-electron chi connectivity index (χ0n) is 15.2. The van der Waals surface area contributed by atoms with Gasteiger partial charge in [-0.25, -0.2) is 4.98 Å². The second kappa shape index (κ2) is 6.97. The first-order chi connectivity index (χ1) is 13.5. The molecule has 1 aromatic carbocycles. The van der Waals surface area contributed by atoms with E-state index in [-0.39, 0.29) is 29.3 Å². The normalized spacial score (nSPS) is 25.1. The zero-order valence-corrected chi connectivity index (χ0v) is 15.2. The zero-order chi connectivity index (χ0) is 19.7. The summed E-state index contributed by atoms with van der Waals surface area (Å²) in [4.78, 5) is 27.9. The van der Waals surface area contributed by atoms with Crippen molar-refractivity contribution in [3.8, 4) is 11.9 Å². The molecule has 2 saturated carbocycles. The van der Waals surface area contributed by atoms with Gasteiger partial charge < -0.3 is 15.8 Å². The van der Waals surface area contributed by atoms with Crippen LogP contribution >= 0.6 is 0 Å². The Hall–Kier alpha value is -3.40. The van der Waals surface area contributed by atoms with Gasteiger partial charge in [-0.15, -0.1) is 0 Å². The SMILES string of the molecule is N#Cc1cccc(C(=O)NC2CC3(C2)CC(Oc2ncccc2C(N)=O)C3)c1. The minimum Gasteiger partial charge on any atom is -0.474 e. The van der Waals surface area contributed by atoms with E-state index in [9.17, 15) is 9.59 Å². The summed E-state index contributed by atoms with van der Waals surface area (Å²) in [5.74, 6) is -0.413. The summed E-state index contributed by atoms with van der Waals surface area (Å²) in [6.45, 7) is 0. The van der Waals surface area contributed by atoms with Crippen molar-refractivity contribution in [2.45, 2.75) is 37.8 Å². The Morgan fingerprint density at radius 2 is 2.00 bits per heavy atom. The minimum absolute atomic E-state index is 0.0111. The Bertz CT molecular complexity index is 968. The van der Waals surface area contributed by atoms with Crippen LogP contribution in [-0.2, 0) is 0 Å². The number of nitrogens with two attached hydrogens (primary N) is 1. The lowest BCUT2D eigenvalue weighted by Gasteiger charge is -2.57. The molecule has 0 aliphatic heterocycles. The molecule has 3 N–H and O–H groups in total. The molecular weight excluding hydrogens is 356 g/mol. The van der Waals surface area contributed by atoms with E-state index in [0.29, 0.717) is 16.7 Å². The Balaban J connectivity index is 1.27. The molecule has 142 valence electrons. The van der Waals surface area contributed by atoms with Crippen molar-refractivity contribution in [2.75, 3.05) is 0 Å². The Morgan fingerprint density at radius 1 is 1.21 bits per heavy atom. The van der Waals surface area contributed by atoms with Gasteiger partial charge in [-0.05, 0) is 61.4 Å². The lowest BCUT2D eigenvalue weighted by Crippen LogP contribution is -2.58. The highest BCUT2D eigenvalue weighted by Crippen LogP contribution is 2.56. The highest BCUT2D eigenvalue weighted by molar-refractivity contribution is 5.95. The molecule has 2 aliphatic carbocycles. The number of carbonyl (C=O) groups is 2. The van der Waals surface area contributed by atoms with E-state index in [2.05, 4.69) is 10.3 Å². The molecule has 0 unspecified atom stereocenters. The van der Waals surface area contributed by atoms with Gasteiger partial charge in [-0.2, -0.15) is 5.26 Å². The third kappa shape index (κ3) is 3.41. The van der Waals surface area contributed by atoms with Gasteiger partial charge in [-0.1, -0.05) is 6.07 Å². The van der Waals surface area contributed by atoms with Crippen LogP contribution in [0.15, 0.2) is 42.6 Å². The number of benzene rings is 1. The molecule has 4 rings (SSSR count). The number of nitrogens with one attached hydrogen (secondary N) is 1. The molecule has 2 fully saturated rings. The van der Waals surface area contributed by atoms with E-state index in [0.717, 1.165) is 25.7 Å². The third-order valence-electron chi connectivity index (χ3n) is 5.58. The van der Waals surface area contributed by atoms with Crippen molar-refractivity contribution in [3.63, 3.8) is 0 Å². The molecule has 2 amide bonds. The molecule has 7 heteroatoms. The van der Waals surface area contributed by atoms with Crippen LogP contribution in [0.25, 0.3) is 0 Å². The number of hydrogen-bond donors (Lipinski definition) is 2. The maximum Gasteiger partial charge on any atom is 0.254 e. The second-order valence-corrected chi connectivity index (χ2v) is 7.64. The van der Waals surface area contributed by atoms with Crippen molar-refractivity contribution in [1.29, 1.82) is 5.26 Å². The molecule has 1 heterocycles. The molecule has 2 aromatic rings. The number of amides is 2. The quantitative estimate of drug-likeness (QED) is 0.829. The van der Waals surface area contributed by atoms with Gasteiger partial charge in [0.2, 0.25) is 5.88 Å². The highest BCUT2D eigenvalue weighted by Gasteiger charge is 2.54. The van der Waals surface area contributed by atoms with Gasteiger partial charge >= 0.3 is 0 Å². The van der Waals surface area contributed by atoms with Crippen molar-refractivity contribution < 1.29 is 14.3 Å². The Morgan fingerprint density at radius 3 is 2.71 bits per heavy atom. The summed E-state index contributed by atoms with van der Waals surface area (Å²) < 4.78 is 5.86. The van der Waals surface area contributed by atoms with Crippen molar-refractivity contribution >= 4 is 11.8 Å². The maximum atomic E-state index is 12.3. The van der Waals surface area contributed by atoms with Crippen LogP contribution in [0.1, 0.15) is 52.0 Å². The van der Waals surface area contributed by atoms with Crippen LogP contribution in [0.5, 0.6) is 5.88 Å². The first kappa shape index (κ1) is 18.0. The van der Waals surface area contributed by atoms with E-state index < -0.39 is 5.91 Å². The van der Waals surface area contributed by atoms with Crippen LogP contribution < -0.4 is 15.8 Å². The van der Waals surface area contributed by atoms with E-state index in [4.69, 9.17) is 15.7 Å². The van der Waals surface area contributed by atoms with Gasteiger partial charge in [-0.3, -0.25) is 9.59 Å². The van der Waals surface area contributed by atoms with Crippen LogP contribution in [-0.4, -0.2) is 28.9 Å².